The Bertz CT molecular complexity index is 897. The standard InChI is InChI=1S/C28H42O3SSi/c1-9-11-16-29-22-19-23(31-33-21-15-13-14-20(32)18-21)25(28(6,7)8)26(30-17-12-10-2)24(22)27(3,4)5/h13-15,18-19,32H,9-12,16-17H2,1-8H3. The van der Waals surface area contributed by atoms with Crippen molar-refractivity contribution in [2.45, 2.75) is 96.8 Å². The molecule has 0 spiro atoms. The zero-order valence-corrected chi connectivity index (χ0v) is 23.7. The molecule has 2 aromatic carbocycles. The Morgan fingerprint density at radius 3 is 1.91 bits per heavy atom. The summed E-state index contributed by atoms with van der Waals surface area (Å²) in [6.45, 7) is 19.1. The van der Waals surface area contributed by atoms with Gasteiger partial charge in [-0.15, -0.1) is 12.6 Å². The van der Waals surface area contributed by atoms with E-state index >= 15 is 0 Å². The van der Waals surface area contributed by atoms with Gasteiger partial charge in [0.2, 0.25) is 0 Å². The minimum absolute atomic E-state index is 0.135. The van der Waals surface area contributed by atoms with Crippen molar-refractivity contribution in [3.63, 3.8) is 0 Å². The van der Waals surface area contributed by atoms with E-state index in [1.54, 1.807) is 0 Å². The molecule has 0 atom stereocenters. The molecule has 0 amide bonds. The van der Waals surface area contributed by atoms with Gasteiger partial charge in [-0.3, -0.25) is 0 Å². The number of hydrogen-bond acceptors (Lipinski definition) is 4. The molecule has 2 rings (SSSR count). The minimum Gasteiger partial charge on any atom is -0.535 e. The molecular weight excluding hydrogens is 444 g/mol. The summed E-state index contributed by atoms with van der Waals surface area (Å²) in [7, 11) is 0.175. The van der Waals surface area contributed by atoms with Gasteiger partial charge in [0.25, 0.3) is 0 Å². The number of benzene rings is 2. The Balaban J connectivity index is 2.65. The van der Waals surface area contributed by atoms with E-state index in [0.717, 1.165) is 64.1 Å². The summed E-state index contributed by atoms with van der Waals surface area (Å²) < 4.78 is 19.4. The van der Waals surface area contributed by atoms with E-state index in [1.165, 1.54) is 0 Å². The largest absolute Gasteiger partial charge is 0.535 e. The second kappa shape index (κ2) is 12.2. The summed E-state index contributed by atoms with van der Waals surface area (Å²) in [4.78, 5) is 0.940. The minimum atomic E-state index is -0.158. The van der Waals surface area contributed by atoms with Crippen LogP contribution in [-0.2, 0) is 10.8 Å². The molecule has 182 valence electrons. The third-order valence-corrected chi connectivity index (χ3v) is 6.48. The molecule has 33 heavy (non-hydrogen) atoms. The lowest BCUT2D eigenvalue weighted by Crippen LogP contribution is -2.25. The molecule has 0 N–H and O–H groups in total. The fourth-order valence-electron chi connectivity index (χ4n) is 3.70. The van der Waals surface area contributed by atoms with Crippen molar-refractivity contribution in [1.82, 2.24) is 0 Å². The van der Waals surface area contributed by atoms with Crippen LogP contribution in [0.2, 0.25) is 0 Å². The monoisotopic (exact) mass is 486 g/mol. The Morgan fingerprint density at radius 2 is 1.36 bits per heavy atom. The van der Waals surface area contributed by atoms with Crippen molar-refractivity contribution in [2.75, 3.05) is 13.2 Å². The predicted octanol–water partition coefficient (Wildman–Crippen LogP) is 7.25. The van der Waals surface area contributed by atoms with Gasteiger partial charge in [-0.2, -0.15) is 0 Å². The summed E-state index contributed by atoms with van der Waals surface area (Å²) >= 11 is 4.48. The molecular formula is C28H42O3SSi. The van der Waals surface area contributed by atoms with Crippen LogP contribution in [-0.4, -0.2) is 23.0 Å². The summed E-state index contributed by atoms with van der Waals surface area (Å²) in [5, 5.41) is 1.11. The molecule has 2 radical (unpaired) electrons. The highest BCUT2D eigenvalue weighted by Crippen LogP contribution is 2.49. The van der Waals surface area contributed by atoms with Crippen LogP contribution in [0.3, 0.4) is 0 Å². The highest BCUT2D eigenvalue weighted by molar-refractivity contribution is 7.80. The number of ether oxygens (including phenoxy) is 2. The highest BCUT2D eigenvalue weighted by atomic mass is 32.1. The van der Waals surface area contributed by atoms with Gasteiger partial charge >= 0.3 is 9.76 Å². The predicted molar refractivity (Wildman–Crippen MR) is 144 cm³/mol. The SMILES string of the molecule is CCCCOc1cc(O[Si]c2cccc(S)c2)c(C(C)(C)C)c(OCCCC)c1C(C)(C)C. The summed E-state index contributed by atoms with van der Waals surface area (Å²) in [6.07, 6.45) is 4.22. The van der Waals surface area contributed by atoms with Gasteiger partial charge in [0.05, 0.1) is 13.2 Å². The molecule has 0 fully saturated rings. The lowest BCUT2D eigenvalue weighted by molar-refractivity contribution is 0.272. The van der Waals surface area contributed by atoms with Crippen LogP contribution in [0.25, 0.3) is 0 Å². The summed E-state index contributed by atoms with van der Waals surface area (Å²) in [5.41, 5.74) is 1.95. The van der Waals surface area contributed by atoms with Crippen LogP contribution in [0.15, 0.2) is 35.2 Å². The molecule has 2 aromatic rings. The topological polar surface area (TPSA) is 27.7 Å². The Labute approximate surface area is 210 Å². The maximum Gasteiger partial charge on any atom is 0.351 e. The Hall–Kier alpha value is -1.59. The lowest BCUT2D eigenvalue weighted by atomic mass is 9.78. The van der Waals surface area contributed by atoms with Crippen molar-refractivity contribution in [3.05, 3.63) is 41.5 Å². The third-order valence-electron chi connectivity index (χ3n) is 5.33. The average Bonchev–Trinajstić information content (AvgIpc) is 2.70. The molecule has 0 aliphatic carbocycles. The quantitative estimate of drug-likeness (QED) is 0.206. The van der Waals surface area contributed by atoms with Crippen molar-refractivity contribution in [1.29, 1.82) is 0 Å². The molecule has 0 bridgehead atoms. The molecule has 3 nitrogen and oxygen atoms in total. The van der Waals surface area contributed by atoms with Crippen LogP contribution in [0.5, 0.6) is 17.2 Å². The molecule has 0 aromatic heterocycles. The number of hydrogen-bond donors (Lipinski definition) is 1. The zero-order valence-electron chi connectivity index (χ0n) is 21.8. The number of thiol groups is 1. The number of unbranched alkanes of at least 4 members (excludes halogenated alkanes) is 2. The summed E-state index contributed by atoms with van der Waals surface area (Å²) in [5.74, 6) is 2.65. The van der Waals surface area contributed by atoms with Crippen LogP contribution in [0.1, 0.15) is 92.2 Å². The van der Waals surface area contributed by atoms with E-state index < -0.39 is 0 Å². The van der Waals surface area contributed by atoms with Gasteiger partial charge in [-0.25, -0.2) is 0 Å². The van der Waals surface area contributed by atoms with Crippen molar-refractivity contribution >= 4 is 27.6 Å². The first-order valence-corrected chi connectivity index (χ1v) is 13.5. The van der Waals surface area contributed by atoms with E-state index in [9.17, 15) is 0 Å². The van der Waals surface area contributed by atoms with E-state index in [4.69, 9.17) is 13.9 Å². The van der Waals surface area contributed by atoms with Gasteiger partial charge in [-0.05, 0) is 41.0 Å². The Morgan fingerprint density at radius 1 is 0.788 bits per heavy atom. The molecule has 0 aliphatic rings. The molecule has 0 aliphatic heterocycles. The normalized spacial score (nSPS) is 12.0. The van der Waals surface area contributed by atoms with Gasteiger partial charge < -0.3 is 13.9 Å². The van der Waals surface area contributed by atoms with Gasteiger partial charge in [0.15, 0.2) is 0 Å². The zero-order chi connectivity index (χ0) is 24.6. The van der Waals surface area contributed by atoms with Crippen LogP contribution in [0.4, 0.5) is 0 Å². The second-order valence-electron chi connectivity index (χ2n) is 10.6. The van der Waals surface area contributed by atoms with E-state index in [-0.39, 0.29) is 20.6 Å². The smallest absolute Gasteiger partial charge is 0.351 e. The average molecular weight is 487 g/mol. The van der Waals surface area contributed by atoms with E-state index in [0.29, 0.717) is 13.2 Å². The van der Waals surface area contributed by atoms with Crippen molar-refractivity contribution in [2.24, 2.45) is 0 Å². The Kier molecular flexibility index (Phi) is 10.2. The first-order chi connectivity index (χ1) is 15.5. The fourth-order valence-corrected chi connectivity index (χ4v) is 4.81. The van der Waals surface area contributed by atoms with Crippen LogP contribution < -0.4 is 19.1 Å². The van der Waals surface area contributed by atoms with Gasteiger partial charge in [-0.1, -0.05) is 80.4 Å². The van der Waals surface area contributed by atoms with E-state index in [1.807, 2.05) is 12.1 Å². The molecule has 5 heteroatoms. The van der Waals surface area contributed by atoms with Crippen LogP contribution >= 0.6 is 12.6 Å². The third kappa shape index (κ3) is 7.99. The van der Waals surface area contributed by atoms with Crippen LogP contribution in [0, 0.1) is 0 Å². The second-order valence-corrected chi connectivity index (χ2v) is 12.1. The molecule has 0 saturated carbocycles. The fraction of sp³-hybridized carbons (Fsp3) is 0.571. The maximum atomic E-state index is 6.55. The van der Waals surface area contributed by atoms with Crippen molar-refractivity contribution < 1.29 is 13.9 Å². The molecule has 0 saturated heterocycles. The first-order valence-electron chi connectivity index (χ1n) is 12.2. The maximum absolute atomic E-state index is 6.55. The first kappa shape index (κ1) is 27.6. The molecule has 0 heterocycles. The lowest BCUT2D eigenvalue weighted by Gasteiger charge is -2.33. The summed E-state index contributed by atoms with van der Waals surface area (Å²) in [6, 6.07) is 10.2. The van der Waals surface area contributed by atoms with Crippen molar-refractivity contribution in [3.8, 4) is 17.2 Å². The van der Waals surface area contributed by atoms with E-state index in [2.05, 4.69) is 86.2 Å². The number of rotatable bonds is 11. The van der Waals surface area contributed by atoms with Gasteiger partial charge in [0.1, 0.15) is 17.2 Å². The highest BCUT2D eigenvalue weighted by Gasteiger charge is 2.34. The van der Waals surface area contributed by atoms with Gasteiger partial charge in [0, 0.05) is 22.1 Å². The molecule has 0 unspecified atom stereocenters.